The lowest BCUT2D eigenvalue weighted by Crippen LogP contribution is -2.03. The van der Waals surface area contributed by atoms with Gasteiger partial charge in [0, 0.05) is 0 Å². The van der Waals surface area contributed by atoms with E-state index in [4.69, 9.17) is 9.47 Å². The summed E-state index contributed by atoms with van der Waals surface area (Å²) in [6.07, 6.45) is 2.36. The fourth-order valence-corrected chi connectivity index (χ4v) is 2.55. The molecule has 2 atom stereocenters. The van der Waals surface area contributed by atoms with Crippen LogP contribution in [0.15, 0.2) is 12.1 Å². The number of aliphatic hydroxyl groups excluding tert-OH is 1. The molecule has 1 aliphatic carbocycles. The van der Waals surface area contributed by atoms with E-state index in [2.05, 4.69) is 26.8 Å². The molecule has 1 aromatic rings. The smallest absolute Gasteiger partial charge is 0.161 e. The van der Waals surface area contributed by atoms with Crippen molar-refractivity contribution in [2.45, 2.75) is 52.1 Å². The van der Waals surface area contributed by atoms with E-state index < -0.39 is 0 Å². The van der Waals surface area contributed by atoms with Crippen LogP contribution in [0.2, 0.25) is 0 Å². The average molecular weight is 264 g/mol. The summed E-state index contributed by atoms with van der Waals surface area (Å²) in [5, 5.41) is 10.1. The van der Waals surface area contributed by atoms with Gasteiger partial charge in [0.25, 0.3) is 0 Å². The highest BCUT2D eigenvalue weighted by molar-refractivity contribution is 5.51. The molecule has 0 spiro atoms. The second-order valence-corrected chi connectivity index (χ2v) is 5.28. The van der Waals surface area contributed by atoms with Crippen molar-refractivity contribution in [3.8, 4) is 11.5 Å². The molecule has 0 aromatic heterocycles. The highest BCUT2D eigenvalue weighted by Crippen LogP contribution is 2.45. The zero-order chi connectivity index (χ0) is 13.8. The Balaban J connectivity index is 2.31. The van der Waals surface area contributed by atoms with Gasteiger partial charge in [-0.3, -0.25) is 0 Å². The van der Waals surface area contributed by atoms with Gasteiger partial charge in [-0.15, -0.1) is 0 Å². The normalized spacial score (nSPS) is 21.3. The van der Waals surface area contributed by atoms with E-state index in [-0.39, 0.29) is 6.10 Å². The van der Waals surface area contributed by atoms with Gasteiger partial charge >= 0.3 is 0 Å². The molecule has 106 valence electrons. The van der Waals surface area contributed by atoms with E-state index in [0.29, 0.717) is 19.1 Å². The number of fused-ring (bicyclic) bond motifs is 1. The van der Waals surface area contributed by atoms with Crippen molar-refractivity contribution in [1.29, 1.82) is 0 Å². The Morgan fingerprint density at radius 1 is 1.05 bits per heavy atom. The van der Waals surface area contributed by atoms with Crippen LogP contribution in [0.5, 0.6) is 11.5 Å². The summed E-state index contributed by atoms with van der Waals surface area (Å²) in [7, 11) is 0. The molecule has 1 N–H and O–H groups in total. The second kappa shape index (κ2) is 6.29. The molecule has 3 nitrogen and oxygen atoms in total. The minimum atomic E-state index is -0.366. The predicted molar refractivity (Wildman–Crippen MR) is 76.0 cm³/mol. The second-order valence-electron chi connectivity index (χ2n) is 5.28. The predicted octanol–water partition coefficient (Wildman–Crippen LogP) is 3.80. The van der Waals surface area contributed by atoms with Crippen molar-refractivity contribution in [2.24, 2.45) is 0 Å². The van der Waals surface area contributed by atoms with E-state index >= 15 is 0 Å². The first-order valence-electron chi connectivity index (χ1n) is 7.28. The Labute approximate surface area is 115 Å². The molecule has 0 fully saturated rings. The Bertz CT molecular complexity index is 389. The fraction of sp³-hybridized carbons (Fsp3) is 0.625. The van der Waals surface area contributed by atoms with E-state index in [1.54, 1.807) is 0 Å². The maximum Gasteiger partial charge on any atom is 0.161 e. The molecule has 0 radical (unpaired) electrons. The Morgan fingerprint density at radius 3 is 2.11 bits per heavy atom. The van der Waals surface area contributed by atoms with E-state index in [1.165, 1.54) is 5.56 Å². The standard InChI is InChI=1S/C16H24O3/c1-4-6-18-15-9-12-11(3)8-14(17)13(12)10-16(15)19-7-5-2/h9-11,14,17H,4-8H2,1-3H3. The van der Waals surface area contributed by atoms with Crippen LogP contribution >= 0.6 is 0 Å². The van der Waals surface area contributed by atoms with Crippen LogP contribution in [0.25, 0.3) is 0 Å². The molecule has 3 heteroatoms. The zero-order valence-electron chi connectivity index (χ0n) is 12.1. The van der Waals surface area contributed by atoms with Gasteiger partial charge in [0.05, 0.1) is 19.3 Å². The van der Waals surface area contributed by atoms with Crippen molar-refractivity contribution in [3.05, 3.63) is 23.3 Å². The average Bonchev–Trinajstić information content (AvgIpc) is 2.68. The van der Waals surface area contributed by atoms with Crippen molar-refractivity contribution < 1.29 is 14.6 Å². The molecular weight excluding hydrogens is 240 g/mol. The maximum atomic E-state index is 10.1. The van der Waals surface area contributed by atoms with Gasteiger partial charge in [0.1, 0.15) is 0 Å². The van der Waals surface area contributed by atoms with Gasteiger partial charge in [0.15, 0.2) is 11.5 Å². The highest BCUT2D eigenvalue weighted by atomic mass is 16.5. The minimum Gasteiger partial charge on any atom is -0.490 e. The molecule has 2 rings (SSSR count). The first-order chi connectivity index (χ1) is 9.17. The van der Waals surface area contributed by atoms with Gasteiger partial charge in [-0.25, -0.2) is 0 Å². The molecule has 0 saturated carbocycles. The van der Waals surface area contributed by atoms with Crippen molar-refractivity contribution in [1.82, 2.24) is 0 Å². The third-order valence-electron chi connectivity index (χ3n) is 3.54. The van der Waals surface area contributed by atoms with Crippen LogP contribution in [-0.4, -0.2) is 18.3 Å². The molecule has 1 aromatic carbocycles. The summed E-state index contributed by atoms with van der Waals surface area (Å²) in [5.41, 5.74) is 2.20. The molecule has 0 bridgehead atoms. The van der Waals surface area contributed by atoms with Crippen molar-refractivity contribution in [3.63, 3.8) is 0 Å². The van der Waals surface area contributed by atoms with Crippen molar-refractivity contribution >= 4 is 0 Å². The Morgan fingerprint density at radius 2 is 1.58 bits per heavy atom. The first-order valence-corrected chi connectivity index (χ1v) is 7.28. The van der Waals surface area contributed by atoms with Crippen LogP contribution < -0.4 is 9.47 Å². The van der Waals surface area contributed by atoms with E-state index in [1.807, 2.05) is 6.07 Å². The molecule has 0 heterocycles. The molecule has 2 unspecified atom stereocenters. The number of hydrogen-bond donors (Lipinski definition) is 1. The summed E-state index contributed by atoms with van der Waals surface area (Å²) in [5.74, 6) is 1.96. The summed E-state index contributed by atoms with van der Waals surface area (Å²) >= 11 is 0. The van der Waals surface area contributed by atoms with Gasteiger partial charge < -0.3 is 14.6 Å². The van der Waals surface area contributed by atoms with Crippen LogP contribution in [0, 0.1) is 0 Å². The van der Waals surface area contributed by atoms with Crippen LogP contribution in [0.1, 0.15) is 63.2 Å². The molecule has 0 amide bonds. The van der Waals surface area contributed by atoms with Gasteiger partial charge in [-0.05, 0) is 48.4 Å². The summed E-state index contributed by atoms with van der Waals surface area (Å²) in [4.78, 5) is 0. The maximum absolute atomic E-state index is 10.1. The van der Waals surface area contributed by atoms with E-state index in [9.17, 15) is 5.11 Å². The third kappa shape index (κ3) is 3.03. The number of aliphatic hydroxyl groups is 1. The minimum absolute atomic E-state index is 0.366. The monoisotopic (exact) mass is 264 g/mol. The summed E-state index contributed by atoms with van der Waals surface area (Å²) in [6, 6.07) is 4.01. The Hall–Kier alpha value is -1.22. The quantitative estimate of drug-likeness (QED) is 0.849. The largest absolute Gasteiger partial charge is 0.490 e. The zero-order valence-corrected chi connectivity index (χ0v) is 12.1. The summed E-state index contributed by atoms with van der Waals surface area (Å²) < 4.78 is 11.5. The number of rotatable bonds is 6. The molecule has 19 heavy (non-hydrogen) atoms. The lowest BCUT2D eigenvalue weighted by Gasteiger charge is -2.15. The van der Waals surface area contributed by atoms with Gasteiger partial charge in [-0.1, -0.05) is 20.8 Å². The van der Waals surface area contributed by atoms with Gasteiger partial charge in [0.2, 0.25) is 0 Å². The highest BCUT2D eigenvalue weighted by Gasteiger charge is 2.28. The molecular formula is C16H24O3. The van der Waals surface area contributed by atoms with Crippen LogP contribution in [0.4, 0.5) is 0 Å². The third-order valence-corrected chi connectivity index (χ3v) is 3.54. The van der Waals surface area contributed by atoms with Crippen LogP contribution in [0.3, 0.4) is 0 Å². The van der Waals surface area contributed by atoms with Crippen molar-refractivity contribution in [2.75, 3.05) is 13.2 Å². The lowest BCUT2D eigenvalue weighted by molar-refractivity contribution is 0.174. The molecule has 0 saturated heterocycles. The number of ether oxygens (including phenoxy) is 2. The lowest BCUT2D eigenvalue weighted by atomic mass is 10.0. The Kier molecular flexibility index (Phi) is 4.70. The van der Waals surface area contributed by atoms with E-state index in [0.717, 1.165) is 36.3 Å². The topological polar surface area (TPSA) is 38.7 Å². The SMILES string of the molecule is CCCOc1cc2c(cc1OCCC)C(O)CC2C. The fourth-order valence-electron chi connectivity index (χ4n) is 2.55. The summed E-state index contributed by atoms with van der Waals surface area (Å²) in [6.45, 7) is 7.68. The number of hydrogen-bond acceptors (Lipinski definition) is 3. The number of benzene rings is 1. The molecule has 0 aliphatic heterocycles. The van der Waals surface area contributed by atoms with Crippen LogP contribution in [-0.2, 0) is 0 Å². The first kappa shape index (κ1) is 14.2. The van der Waals surface area contributed by atoms with Gasteiger partial charge in [-0.2, -0.15) is 0 Å². The molecule has 1 aliphatic rings.